The molecule has 0 spiro atoms. The third-order valence-corrected chi connectivity index (χ3v) is 8.40. The maximum Gasteiger partial charge on any atom is 0.252 e. The van der Waals surface area contributed by atoms with Gasteiger partial charge in [-0.1, -0.05) is 18.2 Å². The second-order valence-corrected chi connectivity index (χ2v) is 10.8. The van der Waals surface area contributed by atoms with E-state index in [1.54, 1.807) is 11.3 Å². The molecule has 2 aliphatic rings. The summed E-state index contributed by atoms with van der Waals surface area (Å²) in [5.74, 6) is 0.699. The number of rotatable bonds is 7. The van der Waals surface area contributed by atoms with E-state index in [0.29, 0.717) is 18.2 Å². The number of hydrogen-bond donors (Lipinski definition) is 1. The van der Waals surface area contributed by atoms with Crippen LogP contribution in [0, 0.1) is 6.92 Å². The van der Waals surface area contributed by atoms with Crippen LogP contribution in [0.5, 0.6) is 5.75 Å². The van der Waals surface area contributed by atoms with Crippen LogP contribution < -0.4 is 10.1 Å². The van der Waals surface area contributed by atoms with Crippen molar-refractivity contribution in [1.29, 1.82) is 0 Å². The fourth-order valence-corrected chi connectivity index (χ4v) is 5.66. The quantitative estimate of drug-likeness (QED) is 0.362. The van der Waals surface area contributed by atoms with Crippen molar-refractivity contribution in [3.8, 4) is 16.2 Å². The number of nitrogens with one attached hydrogen (secondary N) is 1. The molecule has 1 aliphatic heterocycles. The van der Waals surface area contributed by atoms with Gasteiger partial charge in [-0.15, -0.1) is 11.3 Å². The molecular formula is C29H29N3O2S. The zero-order valence-electron chi connectivity index (χ0n) is 20.1. The molecule has 1 atom stereocenters. The van der Waals surface area contributed by atoms with E-state index in [1.165, 1.54) is 4.88 Å². The molecule has 1 saturated carbocycles. The molecule has 178 valence electrons. The number of likely N-dealkylation sites (N-methyl/N-ethyl adjacent to an activating group) is 1. The second-order valence-electron chi connectivity index (χ2n) is 9.82. The van der Waals surface area contributed by atoms with Crippen molar-refractivity contribution >= 4 is 28.1 Å². The number of aryl methyl sites for hydroxylation is 1. The fraction of sp³-hybridized carbons (Fsp3) is 0.310. The minimum Gasteiger partial charge on any atom is -0.492 e. The van der Waals surface area contributed by atoms with E-state index in [0.717, 1.165) is 59.2 Å². The van der Waals surface area contributed by atoms with E-state index in [2.05, 4.69) is 58.0 Å². The summed E-state index contributed by atoms with van der Waals surface area (Å²) < 4.78 is 6.04. The summed E-state index contributed by atoms with van der Waals surface area (Å²) in [4.78, 5) is 21.7. The molecule has 1 amide bonds. The summed E-state index contributed by atoms with van der Waals surface area (Å²) >= 11 is 1.72. The highest BCUT2D eigenvalue weighted by Gasteiger charge is 2.47. The Morgan fingerprint density at radius 3 is 2.80 bits per heavy atom. The Morgan fingerprint density at radius 1 is 1.20 bits per heavy atom. The third kappa shape index (κ3) is 4.21. The van der Waals surface area contributed by atoms with Crippen LogP contribution in [0.4, 0.5) is 0 Å². The third-order valence-electron chi connectivity index (χ3n) is 7.48. The first kappa shape index (κ1) is 22.3. The van der Waals surface area contributed by atoms with Crippen molar-refractivity contribution in [2.45, 2.75) is 37.8 Å². The van der Waals surface area contributed by atoms with Crippen molar-refractivity contribution in [2.75, 3.05) is 20.2 Å². The molecule has 6 heteroatoms. The van der Waals surface area contributed by atoms with Crippen LogP contribution in [0.2, 0.25) is 0 Å². The largest absolute Gasteiger partial charge is 0.492 e. The number of thiophene rings is 1. The molecule has 5 nitrogen and oxygen atoms in total. The van der Waals surface area contributed by atoms with Crippen LogP contribution in [0.3, 0.4) is 0 Å². The molecule has 2 fully saturated rings. The number of carbonyl (C=O) groups is 1. The maximum absolute atomic E-state index is 13.6. The molecule has 0 bridgehead atoms. The number of carbonyl (C=O) groups excluding carboxylic acids is 1. The lowest BCUT2D eigenvalue weighted by molar-refractivity contribution is 0.0767. The first-order chi connectivity index (χ1) is 17.0. The lowest BCUT2D eigenvalue weighted by Crippen LogP contribution is -2.48. The minimum absolute atomic E-state index is 0.0511. The number of amides is 1. The van der Waals surface area contributed by atoms with Gasteiger partial charge in [0, 0.05) is 28.1 Å². The van der Waals surface area contributed by atoms with Gasteiger partial charge >= 0.3 is 0 Å². The Kier molecular flexibility index (Phi) is 5.58. The zero-order chi connectivity index (χ0) is 24.0. The SMILES string of the molecule is Cc1ccc(OCC2CCN2C)cc1C(=O)NC1(c2cc(-c3cccs3)cc3ncccc23)CC1. The van der Waals surface area contributed by atoms with Crippen molar-refractivity contribution in [1.82, 2.24) is 15.2 Å². The number of likely N-dealkylation sites (tertiary alicyclic amines) is 1. The van der Waals surface area contributed by atoms with E-state index in [-0.39, 0.29) is 11.4 Å². The summed E-state index contributed by atoms with van der Waals surface area (Å²) in [6, 6.07) is 19.0. The minimum atomic E-state index is -0.371. The molecule has 1 N–H and O–H groups in total. The number of benzene rings is 2. The monoisotopic (exact) mass is 483 g/mol. The van der Waals surface area contributed by atoms with Crippen molar-refractivity contribution in [2.24, 2.45) is 0 Å². The van der Waals surface area contributed by atoms with Gasteiger partial charge in [-0.25, -0.2) is 0 Å². The number of hydrogen-bond acceptors (Lipinski definition) is 5. The summed E-state index contributed by atoms with van der Waals surface area (Å²) in [6.45, 7) is 3.75. The lowest BCUT2D eigenvalue weighted by Gasteiger charge is -2.37. The van der Waals surface area contributed by atoms with E-state index < -0.39 is 0 Å². The Hall–Kier alpha value is -3.22. The van der Waals surface area contributed by atoms with E-state index in [4.69, 9.17) is 4.74 Å². The van der Waals surface area contributed by atoms with Crippen LogP contribution >= 0.6 is 11.3 Å². The van der Waals surface area contributed by atoms with Crippen LogP contribution in [-0.4, -0.2) is 42.0 Å². The average Bonchev–Trinajstić information content (AvgIpc) is 3.42. The van der Waals surface area contributed by atoms with Gasteiger partial charge in [-0.05, 0) is 98.2 Å². The van der Waals surface area contributed by atoms with Gasteiger partial charge in [-0.3, -0.25) is 14.7 Å². The van der Waals surface area contributed by atoms with E-state index in [9.17, 15) is 4.79 Å². The number of pyridine rings is 1. The first-order valence-corrected chi connectivity index (χ1v) is 13.1. The summed E-state index contributed by atoms with van der Waals surface area (Å²) in [5.41, 5.74) is 4.51. The van der Waals surface area contributed by atoms with E-state index in [1.807, 2.05) is 37.4 Å². The predicted octanol–water partition coefficient (Wildman–Crippen LogP) is 5.77. The van der Waals surface area contributed by atoms with Crippen LogP contribution in [0.15, 0.2) is 66.2 Å². The fourth-order valence-electron chi connectivity index (χ4n) is 4.94. The molecule has 1 saturated heterocycles. The predicted molar refractivity (Wildman–Crippen MR) is 141 cm³/mol. The van der Waals surface area contributed by atoms with Gasteiger partial charge in [0.2, 0.25) is 0 Å². The highest BCUT2D eigenvalue weighted by atomic mass is 32.1. The van der Waals surface area contributed by atoms with Crippen molar-refractivity contribution < 1.29 is 9.53 Å². The maximum atomic E-state index is 13.6. The van der Waals surface area contributed by atoms with Gasteiger partial charge in [-0.2, -0.15) is 0 Å². The smallest absolute Gasteiger partial charge is 0.252 e. The summed E-state index contributed by atoms with van der Waals surface area (Å²) in [7, 11) is 2.12. The molecule has 4 aromatic rings. The number of aromatic nitrogens is 1. The Labute approximate surface area is 209 Å². The van der Waals surface area contributed by atoms with Crippen molar-refractivity contribution in [3.63, 3.8) is 0 Å². The zero-order valence-corrected chi connectivity index (χ0v) is 20.9. The normalized spacial score (nSPS) is 18.7. The first-order valence-electron chi connectivity index (χ1n) is 12.2. The molecular weight excluding hydrogens is 454 g/mol. The topological polar surface area (TPSA) is 54.5 Å². The summed E-state index contributed by atoms with van der Waals surface area (Å²) in [5, 5.41) is 6.59. The molecule has 0 radical (unpaired) electrons. The second kappa shape index (κ2) is 8.77. The highest BCUT2D eigenvalue weighted by molar-refractivity contribution is 7.13. The average molecular weight is 484 g/mol. The molecule has 35 heavy (non-hydrogen) atoms. The van der Waals surface area contributed by atoms with Gasteiger partial charge in [0.15, 0.2) is 0 Å². The van der Waals surface area contributed by atoms with Crippen LogP contribution in [-0.2, 0) is 5.54 Å². The standard InChI is InChI=1S/C29H29N3O2S/c1-19-7-8-22(34-18-21-9-13-32(21)2)17-24(19)28(33)31-29(10-11-29)25-15-20(27-6-4-14-35-27)16-26-23(25)5-3-12-30-26/h3-8,12,14-17,21H,9-11,13,18H2,1-2H3,(H,31,33). The van der Waals surface area contributed by atoms with Gasteiger partial charge in [0.25, 0.3) is 5.91 Å². The van der Waals surface area contributed by atoms with Gasteiger partial charge in [0.1, 0.15) is 12.4 Å². The molecule has 1 aliphatic carbocycles. The van der Waals surface area contributed by atoms with Gasteiger partial charge < -0.3 is 10.1 Å². The molecule has 2 aromatic heterocycles. The van der Waals surface area contributed by atoms with Crippen LogP contribution in [0.25, 0.3) is 21.3 Å². The summed E-state index contributed by atoms with van der Waals surface area (Å²) in [6.07, 6.45) is 4.82. The number of fused-ring (bicyclic) bond motifs is 1. The van der Waals surface area contributed by atoms with E-state index >= 15 is 0 Å². The Morgan fingerprint density at radius 2 is 2.09 bits per heavy atom. The van der Waals surface area contributed by atoms with Crippen molar-refractivity contribution in [3.05, 3.63) is 82.9 Å². The molecule has 3 heterocycles. The van der Waals surface area contributed by atoms with Gasteiger partial charge in [0.05, 0.1) is 11.1 Å². The number of ether oxygens (including phenoxy) is 1. The lowest BCUT2D eigenvalue weighted by atomic mass is 9.95. The molecule has 2 aromatic carbocycles. The number of nitrogens with zero attached hydrogens (tertiary/aromatic N) is 2. The highest BCUT2D eigenvalue weighted by Crippen LogP contribution is 2.49. The molecule has 6 rings (SSSR count). The Bertz CT molecular complexity index is 1390. The Balaban J connectivity index is 1.29. The van der Waals surface area contributed by atoms with Crippen LogP contribution in [0.1, 0.15) is 40.7 Å². The molecule has 1 unspecified atom stereocenters.